The van der Waals surface area contributed by atoms with Gasteiger partial charge in [-0.1, -0.05) is 29.8 Å². The second-order valence-corrected chi connectivity index (χ2v) is 4.74. The van der Waals surface area contributed by atoms with Crippen LogP contribution in [0.3, 0.4) is 0 Å². The summed E-state index contributed by atoms with van der Waals surface area (Å²) in [6, 6.07) is 7.45. The van der Waals surface area contributed by atoms with Crippen molar-refractivity contribution in [2.45, 2.75) is 13.5 Å². The minimum atomic E-state index is -0.0517. The number of halogens is 1. The molecule has 0 unspecified atom stereocenters. The number of nitrogens with zero attached hydrogens (tertiary/aromatic N) is 2. The molecule has 3 aromatic rings. The molecule has 4 nitrogen and oxygen atoms in total. The minimum Gasteiger partial charge on any atom is -0.464 e. The molecule has 5 heteroatoms. The van der Waals surface area contributed by atoms with Crippen LogP contribution < -0.4 is 0 Å². The number of hydrogen-bond donors (Lipinski definition) is 0. The molecule has 1 aromatic carbocycles. The molecule has 2 heterocycles. The van der Waals surface area contributed by atoms with Crippen LogP contribution in [-0.2, 0) is 6.54 Å². The number of Topliss-reactive ketones (excluding diaryl/α,β-unsaturated/α-hetero) is 1. The molecule has 0 spiro atoms. The van der Waals surface area contributed by atoms with Crippen molar-refractivity contribution in [3.05, 3.63) is 53.0 Å². The van der Waals surface area contributed by atoms with E-state index >= 15 is 0 Å². The molecule has 96 valence electrons. The van der Waals surface area contributed by atoms with Crippen molar-refractivity contribution < 1.29 is 9.21 Å². The molecule has 0 amide bonds. The van der Waals surface area contributed by atoms with E-state index in [1.807, 2.05) is 24.3 Å². The van der Waals surface area contributed by atoms with E-state index in [9.17, 15) is 4.79 Å². The standard InChI is InChI=1S/C14H11ClN2O2/c1-9-12(15)6-17(16-9)7-13(18)11-8-19-14-5-3-2-4-10(11)14/h2-6,8H,7H2,1H3. The van der Waals surface area contributed by atoms with Gasteiger partial charge in [-0.2, -0.15) is 5.10 Å². The number of ketones is 1. The Labute approximate surface area is 114 Å². The molecule has 0 aliphatic rings. The zero-order valence-corrected chi connectivity index (χ0v) is 11.0. The number of rotatable bonds is 3. The SMILES string of the molecule is Cc1nn(CC(=O)c2coc3ccccc23)cc1Cl. The van der Waals surface area contributed by atoms with Crippen molar-refractivity contribution in [1.82, 2.24) is 9.78 Å². The van der Waals surface area contributed by atoms with Crippen LogP contribution in [0.1, 0.15) is 16.1 Å². The monoisotopic (exact) mass is 274 g/mol. The smallest absolute Gasteiger partial charge is 0.188 e. The van der Waals surface area contributed by atoms with Gasteiger partial charge in [-0.15, -0.1) is 0 Å². The van der Waals surface area contributed by atoms with Gasteiger partial charge in [0, 0.05) is 11.6 Å². The van der Waals surface area contributed by atoms with Gasteiger partial charge in [0.05, 0.1) is 16.3 Å². The van der Waals surface area contributed by atoms with E-state index in [0.29, 0.717) is 21.9 Å². The van der Waals surface area contributed by atoms with Crippen LogP contribution in [0.4, 0.5) is 0 Å². The number of aromatic nitrogens is 2. The van der Waals surface area contributed by atoms with E-state index in [-0.39, 0.29) is 12.3 Å². The Kier molecular flexibility index (Phi) is 2.87. The van der Waals surface area contributed by atoms with Gasteiger partial charge in [-0.3, -0.25) is 9.48 Å². The third-order valence-electron chi connectivity index (χ3n) is 2.97. The van der Waals surface area contributed by atoms with Crippen molar-refractivity contribution in [3.8, 4) is 0 Å². The van der Waals surface area contributed by atoms with Crippen LogP contribution in [-0.4, -0.2) is 15.6 Å². The molecule has 0 atom stereocenters. The predicted octanol–water partition coefficient (Wildman–Crippen LogP) is 3.47. The Morgan fingerprint density at radius 2 is 2.21 bits per heavy atom. The Morgan fingerprint density at radius 3 is 2.95 bits per heavy atom. The van der Waals surface area contributed by atoms with Crippen molar-refractivity contribution in [2.75, 3.05) is 0 Å². The summed E-state index contributed by atoms with van der Waals surface area (Å²) in [7, 11) is 0. The van der Waals surface area contributed by atoms with Crippen LogP contribution in [0.2, 0.25) is 5.02 Å². The van der Waals surface area contributed by atoms with Crippen LogP contribution in [0.25, 0.3) is 11.0 Å². The fourth-order valence-corrected chi connectivity index (χ4v) is 2.15. The zero-order chi connectivity index (χ0) is 13.4. The molecule has 19 heavy (non-hydrogen) atoms. The number of benzene rings is 1. The third-order valence-corrected chi connectivity index (χ3v) is 3.34. The summed E-state index contributed by atoms with van der Waals surface area (Å²) >= 11 is 5.92. The quantitative estimate of drug-likeness (QED) is 0.687. The topological polar surface area (TPSA) is 48.0 Å². The molecule has 0 fully saturated rings. The molecule has 0 aliphatic heterocycles. The van der Waals surface area contributed by atoms with E-state index in [1.165, 1.54) is 6.26 Å². The average molecular weight is 275 g/mol. The predicted molar refractivity (Wildman–Crippen MR) is 72.5 cm³/mol. The van der Waals surface area contributed by atoms with Crippen LogP contribution in [0.15, 0.2) is 41.1 Å². The Hall–Kier alpha value is -2.07. The lowest BCUT2D eigenvalue weighted by molar-refractivity contribution is 0.0968. The first-order chi connectivity index (χ1) is 9.15. The first-order valence-corrected chi connectivity index (χ1v) is 6.22. The fraction of sp³-hybridized carbons (Fsp3) is 0.143. The summed E-state index contributed by atoms with van der Waals surface area (Å²) in [6.45, 7) is 1.95. The van der Waals surface area contributed by atoms with E-state index in [1.54, 1.807) is 17.8 Å². The van der Waals surface area contributed by atoms with Crippen molar-refractivity contribution >= 4 is 28.4 Å². The molecule has 0 saturated heterocycles. The lowest BCUT2D eigenvalue weighted by Crippen LogP contribution is -2.10. The first-order valence-electron chi connectivity index (χ1n) is 5.84. The summed E-state index contributed by atoms with van der Waals surface area (Å²) in [5, 5.41) is 5.56. The summed E-state index contributed by atoms with van der Waals surface area (Å²) in [5.41, 5.74) is 1.99. The van der Waals surface area contributed by atoms with Crippen LogP contribution in [0, 0.1) is 6.92 Å². The molecule has 0 N–H and O–H groups in total. The molecule has 0 aliphatic carbocycles. The first kappa shape index (κ1) is 12.0. The number of carbonyl (C=O) groups is 1. The van der Waals surface area contributed by atoms with Gasteiger partial charge in [0.2, 0.25) is 0 Å². The highest BCUT2D eigenvalue weighted by atomic mass is 35.5. The number of carbonyl (C=O) groups excluding carboxylic acids is 1. The number of fused-ring (bicyclic) bond motifs is 1. The minimum absolute atomic E-state index is 0.0517. The molecular weight excluding hydrogens is 264 g/mol. The summed E-state index contributed by atoms with van der Waals surface area (Å²) in [4.78, 5) is 12.2. The van der Waals surface area contributed by atoms with Gasteiger partial charge in [0.15, 0.2) is 5.78 Å². The van der Waals surface area contributed by atoms with Crippen molar-refractivity contribution in [1.29, 1.82) is 0 Å². The number of para-hydroxylation sites is 1. The van der Waals surface area contributed by atoms with Gasteiger partial charge in [-0.05, 0) is 13.0 Å². The zero-order valence-electron chi connectivity index (χ0n) is 10.3. The summed E-state index contributed by atoms with van der Waals surface area (Å²) in [6.07, 6.45) is 3.14. The maximum absolute atomic E-state index is 12.2. The van der Waals surface area contributed by atoms with Crippen molar-refractivity contribution in [2.24, 2.45) is 0 Å². The second kappa shape index (κ2) is 4.55. The molecule has 0 bridgehead atoms. The van der Waals surface area contributed by atoms with Gasteiger partial charge < -0.3 is 4.42 Å². The number of furan rings is 1. The Balaban J connectivity index is 1.92. The molecule has 3 rings (SSSR count). The van der Waals surface area contributed by atoms with Crippen LogP contribution in [0.5, 0.6) is 0 Å². The number of aryl methyl sites for hydroxylation is 1. The maximum Gasteiger partial charge on any atom is 0.188 e. The highest BCUT2D eigenvalue weighted by molar-refractivity contribution is 6.31. The molecule has 0 saturated carbocycles. The molecule has 0 radical (unpaired) electrons. The fourth-order valence-electron chi connectivity index (χ4n) is 2.00. The normalized spacial score (nSPS) is 11.1. The van der Waals surface area contributed by atoms with E-state index in [4.69, 9.17) is 16.0 Å². The van der Waals surface area contributed by atoms with E-state index < -0.39 is 0 Å². The Bertz CT molecular complexity index is 738. The van der Waals surface area contributed by atoms with E-state index in [2.05, 4.69) is 5.10 Å². The third kappa shape index (κ3) is 2.15. The maximum atomic E-state index is 12.2. The highest BCUT2D eigenvalue weighted by Gasteiger charge is 2.14. The largest absolute Gasteiger partial charge is 0.464 e. The van der Waals surface area contributed by atoms with Gasteiger partial charge in [0.25, 0.3) is 0 Å². The molecular formula is C14H11ClN2O2. The van der Waals surface area contributed by atoms with E-state index in [0.717, 1.165) is 5.39 Å². The van der Waals surface area contributed by atoms with Gasteiger partial charge in [-0.25, -0.2) is 0 Å². The number of hydrogen-bond acceptors (Lipinski definition) is 3. The Morgan fingerprint density at radius 1 is 1.42 bits per heavy atom. The van der Waals surface area contributed by atoms with Crippen LogP contribution >= 0.6 is 11.6 Å². The van der Waals surface area contributed by atoms with Gasteiger partial charge >= 0.3 is 0 Å². The molecule has 2 aromatic heterocycles. The lowest BCUT2D eigenvalue weighted by atomic mass is 10.1. The van der Waals surface area contributed by atoms with Crippen molar-refractivity contribution in [3.63, 3.8) is 0 Å². The summed E-state index contributed by atoms with van der Waals surface area (Å²) in [5.74, 6) is -0.0517. The second-order valence-electron chi connectivity index (χ2n) is 4.33. The average Bonchev–Trinajstić information content (AvgIpc) is 2.94. The van der Waals surface area contributed by atoms with Gasteiger partial charge in [0.1, 0.15) is 18.4 Å². The lowest BCUT2D eigenvalue weighted by Gasteiger charge is -1.99. The summed E-state index contributed by atoms with van der Waals surface area (Å²) < 4.78 is 6.90. The highest BCUT2D eigenvalue weighted by Crippen LogP contribution is 2.21.